The fourth-order valence-electron chi connectivity index (χ4n) is 1.45. The lowest BCUT2D eigenvalue weighted by Crippen LogP contribution is -2.23. The molecule has 0 saturated heterocycles. The topological polar surface area (TPSA) is 29.0 Å². The Balaban J connectivity index is 2.97. The molecule has 0 aliphatic heterocycles. The first kappa shape index (κ1) is 14.2. The van der Waals surface area contributed by atoms with Gasteiger partial charge in [-0.1, -0.05) is 45.7 Å². The lowest BCUT2D eigenvalue weighted by Gasteiger charge is -2.22. The maximum absolute atomic E-state index is 6.06. The van der Waals surface area contributed by atoms with E-state index in [0.717, 1.165) is 24.6 Å². The van der Waals surface area contributed by atoms with Gasteiger partial charge in [0, 0.05) is 25.1 Å². The van der Waals surface area contributed by atoms with Crippen LogP contribution in [-0.2, 0) is 5.41 Å². The van der Waals surface area contributed by atoms with Crippen molar-refractivity contribution in [2.24, 2.45) is 0 Å². The van der Waals surface area contributed by atoms with Crippen molar-refractivity contribution in [2.45, 2.75) is 46.0 Å². The Hall–Kier alpha value is -0.830. The molecule has 0 fully saturated rings. The van der Waals surface area contributed by atoms with Crippen LogP contribution < -0.4 is 4.90 Å². The third-order valence-corrected chi connectivity index (χ3v) is 2.78. The van der Waals surface area contributed by atoms with E-state index in [1.54, 1.807) is 0 Å². The van der Waals surface area contributed by atoms with E-state index in [1.807, 2.05) is 13.1 Å². The van der Waals surface area contributed by atoms with Gasteiger partial charge >= 0.3 is 0 Å². The van der Waals surface area contributed by atoms with E-state index in [2.05, 4.69) is 42.6 Å². The Kier molecular flexibility index (Phi) is 4.75. The summed E-state index contributed by atoms with van der Waals surface area (Å²) in [6.45, 7) is 9.45. The Morgan fingerprint density at radius 3 is 2.47 bits per heavy atom. The maximum atomic E-state index is 6.06. The monoisotopic (exact) mass is 255 g/mol. The average Bonchev–Trinajstić information content (AvgIpc) is 2.23. The SMILES string of the molecule is CCCCN(C)c1cc(Cl)nc(C(C)(C)C)n1. The van der Waals surface area contributed by atoms with Gasteiger partial charge in [-0.25, -0.2) is 9.97 Å². The molecule has 17 heavy (non-hydrogen) atoms. The molecule has 0 aliphatic carbocycles. The Labute approximate surface area is 109 Å². The summed E-state index contributed by atoms with van der Waals surface area (Å²) in [6.07, 6.45) is 2.33. The van der Waals surface area contributed by atoms with Gasteiger partial charge in [-0.15, -0.1) is 0 Å². The molecule has 0 radical (unpaired) electrons. The second-order valence-corrected chi connectivity index (χ2v) is 5.78. The summed E-state index contributed by atoms with van der Waals surface area (Å²) < 4.78 is 0. The van der Waals surface area contributed by atoms with Crippen LogP contribution in [0.3, 0.4) is 0 Å². The highest BCUT2D eigenvalue weighted by Crippen LogP contribution is 2.23. The lowest BCUT2D eigenvalue weighted by atomic mass is 9.96. The number of aromatic nitrogens is 2. The summed E-state index contributed by atoms with van der Waals surface area (Å²) >= 11 is 6.06. The molecule has 0 aromatic carbocycles. The Bertz CT molecular complexity index is 371. The molecule has 1 aromatic heterocycles. The number of hydrogen-bond donors (Lipinski definition) is 0. The zero-order valence-electron chi connectivity index (χ0n) is 11.4. The molecule has 1 aromatic rings. The summed E-state index contributed by atoms with van der Waals surface area (Å²) in [5.41, 5.74) is -0.0781. The van der Waals surface area contributed by atoms with Crippen molar-refractivity contribution in [3.63, 3.8) is 0 Å². The third kappa shape index (κ3) is 4.15. The summed E-state index contributed by atoms with van der Waals surface area (Å²) in [5.74, 6) is 1.70. The Morgan fingerprint density at radius 2 is 1.94 bits per heavy atom. The van der Waals surface area contributed by atoms with Gasteiger partial charge < -0.3 is 4.90 Å². The van der Waals surface area contributed by atoms with Crippen LogP contribution in [0.1, 0.15) is 46.4 Å². The number of rotatable bonds is 4. The standard InChI is InChI=1S/C13H22ClN3/c1-6-7-8-17(5)11-9-10(14)15-12(16-11)13(2,3)4/h9H,6-8H2,1-5H3. The highest BCUT2D eigenvalue weighted by Gasteiger charge is 2.19. The molecular weight excluding hydrogens is 234 g/mol. The molecule has 3 nitrogen and oxygen atoms in total. The molecule has 0 amide bonds. The summed E-state index contributed by atoms with van der Waals surface area (Å²) in [4.78, 5) is 11.0. The number of hydrogen-bond acceptors (Lipinski definition) is 3. The van der Waals surface area contributed by atoms with Gasteiger partial charge in [0.05, 0.1) is 0 Å². The summed E-state index contributed by atoms with van der Waals surface area (Å²) in [7, 11) is 2.04. The van der Waals surface area contributed by atoms with Gasteiger partial charge in [-0.2, -0.15) is 0 Å². The third-order valence-electron chi connectivity index (χ3n) is 2.59. The number of unbranched alkanes of at least 4 members (excludes halogenated alkanes) is 1. The van der Waals surface area contributed by atoms with E-state index in [-0.39, 0.29) is 5.41 Å². The van der Waals surface area contributed by atoms with Gasteiger partial charge in [0.15, 0.2) is 0 Å². The number of anilines is 1. The quantitative estimate of drug-likeness (QED) is 0.769. The minimum absolute atomic E-state index is 0.0781. The van der Waals surface area contributed by atoms with Crippen LogP contribution in [0.2, 0.25) is 5.15 Å². The number of halogens is 1. The molecule has 0 atom stereocenters. The molecule has 96 valence electrons. The first-order chi connectivity index (χ1) is 7.84. The molecule has 1 rings (SSSR count). The van der Waals surface area contributed by atoms with E-state index < -0.39 is 0 Å². The van der Waals surface area contributed by atoms with Gasteiger partial charge in [0.1, 0.15) is 16.8 Å². The van der Waals surface area contributed by atoms with Crippen molar-refractivity contribution in [2.75, 3.05) is 18.5 Å². The molecule has 1 heterocycles. The molecule has 0 spiro atoms. The largest absolute Gasteiger partial charge is 0.360 e. The smallest absolute Gasteiger partial charge is 0.137 e. The second kappa shape index (κ2) is 5.67. The minimum Gasteiger partial charge on any atom is -0.360 e. The minimum atomic E-state index is -0.0781. The predicted molar refractivity (Wildman–Crippen MR) is 73.9 cm³/mol. The predicted octanol–water partition coefficient (Wildman–Crippen LogP) is 3.66. The van der Waals surface area contributed by atoms with Crippen molar-refractivity contribution >= 4 is 17.4 Å². The van der Waals surface area contributed by atoms with Crippen LogP contribution in [0.25, 0.3) is 0 Å². The highest BCUT2D eigenvalue weighted by molar-refractivity contribution is 6.29. The molecule has 0 saturated carbocycles. The van der Waals surface area contributed by atoms with Crippen molar-refractivity contribution in [1.82, 2.24) is 9.97 Å². The van der Waals surface area contributed by atoms with Crippen LogP contribution in [0.4, 0.5) is 5.82 Å². The maximum Gasteiger partial charge on any atom is 0.137 e. The lowest BCUT2D eigenvalue weighted by molar-refractivity contribution is 0.544. The van der Waals surface area contributed by atoms with Crippen molar-refractivity contribution in [3.8, 4) is 0 Å². The zero-order chi connectivity index (χ0) is 13.1. The van der Waals surface area contributed by atoms with Gasteiger partial charge in [-0.05, 0) is 6.42 Å². The van der Waals surface area contributed by atoms with Crippen molar-refractivity contribution in [3.05, 3.63) is 17.0 Å². The van der Waals surface area contributed by atoms with E-state index in [4.69, 9.17) is 11.6 Å². The molecule has 0 N–H and O–H groups in total. The molecular formula is C13H22ClN3. The van der Waals surface area contributed by atoms with Crippen molar-refractivity contribution in [1.29, 1.82) is 0 Å². The van der Waals surface area contributed by atoms with E-state index >= 15 is 0 Å². The van der Waals surface area contributed by atoms with Crippen LogP contribution in [-0.4, -0.2) is 23.6 Å². The van der Waals surface area contributed by atoms with E-state index in [0.29, 0.717) is 5.15 Å². The van der Waals surface area contributed by atoms with Crippen LogP contribution in [0.15, 0.2) is 6.07 Å². The van der Waals surface area contributed by atoms with E-state index in [1.165, 1.54) is 6.42 Å². The summed E-state index contributed by atoms with van der Waals surface area (Å²) in [5, 5.41) is 0.517. The Morgan fingerprint density at radius 1 is 1.29 bits per heavy atom. The first-order valence-corrected chi connectivity index (χ1v) is 6.48. The van der Waals surface area contributed by atoms with Crippen LogP contribution in [0.5, 0.6) is 0 Å². The molecule has 0 unspecified atom stereocenters. The van der Waals surface area contributed by atoms with Crippen LogP contribution >= 0.6 is 11.6 Å². The highest BCUT2D eigenvalue weighted by atomic mass is 35.5. The van der Waals surface area contributed by atoms with Gasteiger partial charge in [0.2, 0.25) is 0 Å². The van der Waals surface area contributed by atoms with E-state index in [9.17, 15) is 0 Å². The van der Waals surface area contributed by atoms with Gasteiger partial charge in [0.25, 0.3) is 0 Å². The summed E-state index contributed by atoms with van der Waals surface area (Å²) in [6, 6.07) is 1.83. The van der Waals surface area contributed by atoms with Crippen molar-refractivity contribution < 1.29 is 0 Å². The first-order valence-electron chi connectivity index (χ1n) is 6.10. The molecule has 0 bridgehead atoms. The molecule has 0 aliphatic rings. The zero-order valence-corrected chi connectivity index (χ0v) is 12.2. The normalized spacial score (nSPS) is 11.6. The second-order valence-electron chi connectivity index (χ2n) is 5.40. The van der Waals surface area contributed by atoms with Crippen LogP contribution in [0, 0.1) is 0 Å². The van der Waals surface area contributed by atoms with Gasteiger partial charge in [-0.3, -0.25) is 0 Å². The fraction of sp³-hybridized carbons (Fsp3) is 0.692. The fourth-order valence-corrected chi connectivity index (χ4v) is 1.62. The number of nitrogens with zero attached hydrogens (tertiary/aromatic N) is 3. The molecule has 4 heteroatoms. The average molecular weight is 256 g/mol.